The molecule has 1 rings (SSSR count). The molecule has 0 atom stereocenters. The van der Waals surface area contributed by atoms with Gasteiger partial charge in [0.15, 0.2) is 0 Å². The normalized spacial score (nSPS) is 9.69. The Morgan fingerprint density at radius 2 is 2.31 bits per heavy atom. The van der Waals surface area contributed by atoms with Crippen molar-refractivity contribution in [2.45, 2.75) is 20.3 Å². The highest BCUT2D eigenvalue weighted by atomic mass is 16.1. The predicted octanol–water partition coefficient (Wildman–Crippen LogP) is 1.39. The Labute approximate surface area is 78.2 Å². The number of rotatable bonds is 3. The summed E-state index contributed by atoms with van der Waals surface area (Å²) in [6, 6.07) is 3.78. The molecule has 3 nitrogen and oxygen atoms in total. The van der Waals surface area contributed by atoms with Crippen LogP contribution in [0.15, 0.2) is 18.3 Å². The second-order valence-electron chi connectivity index (χ2n) is 2.72. The van der Waals surface area contributed by atoms with Gasteiger partial charge in [0.2, 0.25) is 0 Å². The molecule has 0 aliphatic heterocycles. The lowest BCUT2D eigenvalue weighted by atomic mass is 10.1. The van der Waals surface area contributed by atoms with Gasteiger partial charge in [-0.05, 0) is 25.0 Å². The molecule has 0 aliphatic carbocycles. The fraction of sp³-hybridized carbons (Fsp3) is 0.400. The van der Waals surface area contributed by atoms with Crippen molar-refractivity contribution in [1.82, 2.24) is 10.3 Å². The number of carbonyl (C=O) groups is 1. The molecule has 0 saturated carbocycles. The first-order valence-electron chi connectivity index (χ1n) is 4.51. The summed E-state index contributed by atoms with van der Waals surface area (Å²) in [6.45, 7) is 4.55. The third-order valence-electron chi connectivity index (χ3n) is 1.82. The first-order chi connectivity index (χ1) is 6.29. The smallest absolute Gasteiger partial charge is 0.270 e. The topological polar surface area (TPSA) is 42.0 Å². The molecule has 0 aromatic carbocycles. The molecule has 0 bridgehead atoms. The zero-order valence-electron chi connectivity index (χ0n) is 8.00. The average Bonchev–Trinajstić information content (AvgIpc) is 2.18. The Hall–Kier alpha value is -1.38. The van der Waals surface area contributed by atoms with Crippen molar-refractivity contribution in [2.24, 2.45) is 0 Å². The molecule has 70 valence electrons. The number of aryl methyl sites for hydroxylation is 1. The molecule has 0 fully saturated rings. The summed E-state index contributed by atoms with van der Waals surface area (Å²) < 4.78 is 0. The maximum atomic E-state index is 11.5. The van der Waals surface area contributed by atoms with Gasteiger partial charge >= 0.3 is 0 Å². The van der Waals surface area contributed by atoms with E-state index >= 15 is 0 Å². The van der Waals surface area contributed by atoms with Crippen LogP contribution < -0.4 is 5.32 Å². The molecular weight excluding hydrogens is 164 g/mol. The van der Waals surface area contributed by atoms with Gasteiger partial charge in [-0.3, -0.25) is 9.78 Å². The summed E-state index contributed by atoms with van der Waals surface area (Å²) in [5.74, 6) is -0.0834. The maximum absolute atomic E-state index is 11.5. The van der Waals surface area contributed by atoms with Gasteiger partial charge in [0.25, 0.3) is 5.91 Å². The third-order valence-corrected chi connectivity index (χ3v) is 1.82. The summed E-state index contributed by atoms with van der Waals surface area (Å²) in [6.07, 6.45) is 2.48. The molecule has 1 heterocycles. The standard InChI is InChI=1S/C10H14N2O/c1-3-8-6-5-7-12-9(8)10(13)11-4-2/h5-7H,3-4H2,1-2H3,(H,11,13). The van der Waals surface area contributed by atoms with Crippen LogP contribution in [0.25, 0.3) is 0 Å². The largest absolute Gasteiger partial charge is 0.351 e. The van der Waals surface area contributed by atoms with Crippen LogP contribution in [0.4, 0.5) is 0 Å². The summed E-state index contributed by atoms with van der Waals surface area (Å²) in [7, 11) is 0. The van der Waals surface area contributed by atoms with E-state index in [9.17, 15) is 4.79 Å². The van der Waals surface area contributed by atoms with Crippen molar-refractivity contribution in [3.8, 4) is 0 Å². The van der Waals surface area contributed by atoms with Crippen LogP contribution >= 0.6 is 0 Å². The van der Waals surface area contributed by atoms with Crippen molar-refractivity contribution >= 4 is 5.91 Å². The van der Waals surface area contributed by atoms with E-state index in [1.54, 1.807) is 6.20 Å². The second kappa shape index (κ2) is 4.60. The zero-order chi connectivity index (χ0) is 9.68. The number of carbonyl (C=O) groups excluding carboxylic acids is 1. The summed E-state index contributed by atoms with van der Waals surface area (Å²) in [5, 5.41) is 2.74. The Morgan fingerprint density at radius 3 is 2.92 bits per heavy atom. The fourth-order valence-corrected chi connectivity index (χ4v) is 1.17. The molecule has 0 radical (unpaired) electrons. The Balaban J connectivity index is 2.92. The van der Waals surface area contributed by atoms with Gasteiger partial charge in [-0.25, -0.2) is 0 Å². The van der Waals surface area contributed by atoms with Crippen LogP contribution in [0.5, 0.6) is 0 Å². The van der Waals surface area contributed by atoms with Crippen LogP contribution in [0, 0.1) is 0 Å². The molecule has 1 aromatic heterocycles. The maximum Gasteiger partial charge on any atom is 0.270 e. The SMILES string of the molecule is CCNC(=O)c1ncccc1CC. The van der Waals surface area contributed by atoms with Crippen molar-refractivity contribution in [3.05, 3.63) is 29.6 Å². The molecule has 13 heavy (non-hydrogen) atoms. The number of hydrogen-bond acceptors (Lipinski definition) is 2. The van der Waals surface area contributed by atoms with E-state index in [4.69, 9.17) is 0 Å². The minimum absolute atomic E-state index is 0.0834. The van der Waals surface area contributed by atoms with Gasteiger partial charge in [-0.2, -0.15) is 0 Å². The van der Waals surface area contributed by atoms with Gasteiger partial charge in [0, 0.05) is 12.7 Å². The molecule has 0 saturated heterocycles. The highest BCUT2D eigenvalue weighted by molar-refractivity contribution is 5.93. The van der Waals surface area contributed by atoms with E-state index < -0.39 is 0 Å². The van der Waals surface area contributed by atoms with Crippen molar-refractivity contribution in [2.75, 3.05) is 6.54 Å². The van der Waals surface area contributed by atoms with Crippen LogP contribution in [0.1, 0.15) is 29.9 Å². The van der Waals surface area contributed by atoms with E-state index in [-0.39, 0.29) is 5.91 Å². The van der Waals surface area contributed by atoms with Crippen molar-refractivity contribution in [1.29, 1.82) is 0 Å². The molecule has 1 N–H and O–H groups in total. The fourth-order valence-electron chi connectivity index (χ4n) is 1.17. The molecule has 0 aliphatic rings. The van der Waals surface area contributed by atoms with Gasteiger partial charge in [0.1, 0.15) is 5.69 Å². The number of nitrogens with zero attached hydrogens (tertiary/aromatic N) is 1. The third kappa shape index (κ3) is 2.28. The van der Waals surface area contributed by atoms with E-state index in [1.165, 1.54) is 0 Å². The molecule has 1 aromatic rings. The average molecular weight is 178 g/mol. The first-order valence-corrected chi connectivity index (χ1v) is 4.51. The minimum Gasteiger partial charge on any atom is -0.351 e. The number of pyridine rings is 1. The van der Waals surface area contributed by atoms with Crippen LogP contribution in [-0.2, 0) is 6.42 Å². The van der Waals surface area contributed by atoms with Gasteiger partial charge < -0.3 is 5.32 Å². The van der Waals surface area contributed by atoms with Gasteiger partial charge in [0.05, 0.1) is 0 Å². The van der Waals surface area contributed by atoms with Gasteiger partial charge in [-0.15, -0.1) is 0 Å². The minimum atomic E-state index is -0.0834. The molecule has 3 heteroatoms. The van der Waals surface area contributed by atoms with Crippen LogP contribution in [0.3, 0.4) is 0 Å². The first kappa shape index (κ1) is 9.71. The molecule has 0 unspecified atom stereocenters. The lowest BCUT2D eigenvalue weighted by Gasteiger charge is -2.05. The van der Waals surface area contributed by atoms with Gasteiger partial charge in [-0.1, -0.05) is 13.0 Å². The Morgan fingerprint density at radius 1 is 1.54 bits per heavy atom. The summed E-state index contributed by atoms with van der Waals surface area (Å²) in [4.78, 5) is 15.5. The monoisotopic (exact) mass is 178 g/mol. The predicted molar refractivity (Wildman–Crippen MR) is 51.6 cm³/mol. The van der Waals surface area contributed by atoms with E-state index in [0.29, 0.717) is 12.2 Å². The van der Waals surface area contributed by atoms with Crippen molar-refractivity contribution in [3.63, 3.8) is 0 Å². The summed E-state index contributed by atoms with van der Waals surface area (Å²) in [5.41, 5.74) is 1.54. The Bertz CT molecular complexity index is 297. The van der Waals surface area contributed by atoms with Crippen LogP contribution in [0.2, 0.25) is 0 Å². The number of hydrogen-bond donors (Lipinski definition) is 1. The Kier molecular flexibility index (Phi) is 3.43. The second-order valence-corrected chi connectivity index (χ2v) is 2.72. The number of nitrogens with one attached hydrogen (secondary N) is 1. The van der Waals surface area contributed by atoms with Crippen molar-refractivity contribution < 1.29 is 4.79 Å². The molecule has 1 amide bonds. The van der Waals surface area contributed by atoms with E-state index in [0.717, 1.165) is 12.0 Å². The molecule has 0 spiro atoms. The highest BCUT2D eigenvalue weighted by Crippen LogP contribution is 2.05. The lowest BCUT2D eigenvalue weighted by molar-refractivity contribution is 0.0950. The lowest BCUT2D eigenvalue weighted by Crippen LogP contribution is -2.24. The number of amides is 1. The quantitative estimate of drug-likeness (QED) is 0.760. The van der Waals surface area contributed by atoms with E-state index in [1.807, 2.05) is 26.0 Å². The van der Waals surface area contributed by atoms with E-state index in [2.05, 4.69) is 10.3 Å². The summed E-state index contributed by atoms with van der Waals surface area (Å²) >= 11 is 0. The zero-order valence-corrected chi connectivity index (χ0v) is 8.00. The number of aromatic nitrogens is 1. The molecular formula is C10H14N2O. The highest BCUT2D eigenvalue weighted by Gasteiger charge is 2.09. The van der Waals surface area contributed by atoms with Crippen LogP contribution in [-0.4, -0.2) is 17.4 Å².